The number of amides is 1. The molecule has 1 aliphatic rings. The van der Waals surface area contributed by atoms with Crippen LogP contribution >= 0.6 is 0 Å². The minimum Gasteiger partial charge on any atom is -0.480 e. The lowest BCUT2D eigenvalue weighted by Gasteiger charge is -2.31. The predicted molar refractivity (Wildman–Crippen MR) is 78.5 cm³/mol. The summed E-state index contributed by atoms with van der Waals surface area (Å²) in [4.78, 5) is 24.4. The smallest absolute Gasteiger partial charge is 0.323 e. The average Bonchev–Trinajstić information content (AvgIpc) is 2.64. The SMILES string of the molecule is CC(C)(C)C(N)CC(=O)N(CC(=O)O)C1CCS(=O)(=O)C1. The van der Waals surface area contributed by atoms with E-state index in [1.807, 2.05) is 20.8 Å². The molecule has 0 aromatic rings. The highest BCUT2D eigenvalue weighted by atomic mass is 32.2. The second-order valence-electron chi connectivity index (χ2n) is 6.65. The Morgan fingerprint density at radius 1 is 1.38 bits per heavy atom. The molecule has 3 N–H and O–H groups in total. The van der Waals surface area contributed by atoms with Crippen molar-refractivity contribution in [3.8, 4) is 0 Å². The molecule has 21 heavy (non-hydrogen) atoms. The number of nitrogens with two attached hydrogens (primary N) is 1. The van der Waals surface area contributed by atoms with Gasteiger partial charge in [-0.25, -0.2) is 8.42 Å². The van der Waals surface area contributed by atoms with Crippen LogP contribution in [-0.4, -0.2) is 60.4 Å². The first-order valence-electron chi connectivity index (χ1n) is 6.89. The summed E-state index contributed by atoms with van der Waals surface area (Å²) in [6, 6.07) is -0.981. The maximum absolute atomic E-state index is 12.3. The first-order chi connectivity index (χ1) is 9.42. The molecule has 8 heteroatoms. The molecule has 0 aromatic carbocycles. The molecule has 1 heterocycles. The van der Waals surface area contributed by atoms with Gasteiger partial charge in [0.15, 0.2) is 9.84 Å². The van der Waals surface area contributed by atoms with Gasteiger partial charge in [-0.05, 0) is 11.8 Å². The van der Waals surface area contributed by atoms with E-state index < -0.39 is 40.3 Å². The summed E-state index contributed by atoms with van der Waals surface area (Å²) in [6.45, 7) is 5.20. The molecule has 7 nitrogen and oxygen atoms in total. The first-order valence-corrected chi connectivity index (χ1v) is 8.72. The average molecular weight is 320 g/mol. The number of rotatable bonds is 5. The minimum atomic E-state index is -3.18. The topological polar surface area (TPSA) is 118 Å². The van der Waals surface area contributed by atoms with Gasteiger partial charge < -0.3 is 15.7 Å². The van der Waals surface area contributed by atoms with Crippen LogP contribution in [0.5, 0.6) is 0 Å². The van der Waals surface area contributed by atoms with Crippen molar-refractivity contribution in [3.05, 3.63) is 0 Å². The van der Waals surface area contributed by atoms with Crippen LogP contribution in [0, 0.1) is 5.41 Å². The summed E-state index contributed by atoms with van der Waals surface area (Å²) in [7, 11) is -3.18. The summed E-state index contributed by atoms with van der Waals surface area (Å²) < 4.78 is 23.1. The van der Waals surface area contributed by atoms with Gasteiger partial charge in [-0.1, -0.05) is 20.8 Å². The molecule has 0 aromatic heterocycles. The molecule has 0 spiro atoms. The van der Waals surface area contributed by atoms with Gasteiger partial charge in [0.1, 0.15) is 6.54 Å². The number of nitrogens with zero attached hydrogens (tertiary/aromatic N) is 1. The van der Waals surface area contributed by atoms with Gasteiger partial charge in [-0.3, -0.25) is 9.59 Å². The Hall–Kier alpha value is -1.15. The van der Waals surface area contributed by atoms with Crippen molar-refractivity contribution >= 4 is 21.7 Å². The van der Waals surface area contributed by atoms with E-state index in [4.69, 9.17) is 10.8 Å². The largest absolute Gasteiger partial charge is 0.480 e. The number of aliphatic carboxylic acids is 1. The number of hydrogen-bond donors (Lipinski definition) is 2. The molecule has 1 rings (SSSR count). The van der Waals surface area contributed by atoms with E-state index in [9.17, 15) is 18.0 Å². The summed E-state index contributed by atoms with van der Waals surface area (Å²) >= 11 is 0. The summed E-state index contributed by atoms with van der Waals surface area (Å²) in [6.07, 6.45) is 0.291. The second kappa shape index (κ2) is 6.31. The summed E-state index contributed by atoms with van der Waals surface area (Å²) in [5.74, 6) is -1.73. The van der Waals surface area contributed by atoms with Crippen LogP contribution in [0.25, 0.3) is 0 Å². The first kappa shape index (κ1) is 17.9. The van der Waals surface area contributed by atoms with Crippen molar-refractivity contribution < 1.29 is 23.1 Å². The van der Waals surface area contributed by atoms with Gasteiger partial charge in [-0.15, -0.1) is 0 Å². The van der Waals surface area contributed by atoms with E-state index in [-0.39, 0.29) is 29.8 Å². The third-order valence-electron chi connectivity index (χ3n) is 3.78. The van der Waals surface area contributed by atoms with Gasteiger partial charge in [0.05, 0.1) is 11.5 Å². The quantitative estimate of drug-likeness (QED) is 0.727. The molecular formula is C13H24N2O5S. The zero-order chi connectivity index (χ0) is 16.4. The lowest BCUT2D eigenvalue weighted by Crippen LogP contribution is -2.48. The number of sulfone groups is 1. The Balaban J connectivity index is 2.83. The lowest BCUT2D eigenvalue weighted by atomic mass is 9.85. The number of carbonyl (C=O) groups is 2. The van der Waals surface area contributed by atoms with E-state index >= 15 is 0 Å². The van der Waals surface area contributed by atoms with Crippen LogP contribution in [0.15, 0.2) is 0 Å². The molecule has 1 aliphatic heterocycles. The Bertz CT molecular complexity index is 509. The molecule has 1 fully saturated rings. The van der Waals surface area contributed by atoms with Crippen molar-refractivity contribution in [1.29, 1.82) is 0 Å². The van der Waals surface area contributed by atoms with Gasteiger partial charge in [-0.2, -0.15) is 0 Å². The third kappa shape index (κ3) is 5.28. The molecule has 0 radical (unpaired) electrons. The normalized spacial score (nSPS) is 22.8. The highest BCUT2D eigenvalue weighted by Gasteiger charge is 2.36. The van der Waals surface area contributed by atoms with Crippen LogP contribution in [-0.2, 0) is 19.4 Å². The van der Waals surface area contributed by atoms with E-state index in [2.05, 4.69) is 0 Å². The van der Waals surface area contributed by atoms with E-state index in [1.54, 1.807) is 0 Å². The Morgan fingerprint density at radius 3 is 2.33 bits per heavy atom. The monoisotopic (exact) mass is 320 g/mol. The zero-order valence-corrected chi connectivity index (χ0v) is 13.5. The number of carboxylic acid groups (broad SMARTS) is 1. The van der Waals surface area contributed by atoms with Crippen LogP contribution in [0.2, 0.25) is 0 Å². The number of carboxylic acids is 1. The van der Waals surface area contributed by atoms with E-state index in [0.29, 0.717) is 0 Å². The van der Waals surface area contributed by atoms with Gasteiger partial charge >= 0.3 is 5.97 Å². The number of carbonyl (C=O) groups excluding carboxylic acids is 1. The summed E-state index contributed by atoms with van der Waals surface area (Å²) in [5, 5.41) is 8.94. The molecule has 2 atom stereocenters. The lowest BCUT2D eigenvalue weighted by molar-refractivity contribution is -0.146. The molecular weight excluding hydrogens is 296 g/mol. The zero-order valence-electron chi connectivity index (χ0n) is 12.7. The fourth-order valence-electron chi connectivity index (χ4n) is 2.20. The van der Waals surface area contributed by atoms with Crippen molar-refractivity contribution in [2.75, 3.05) is 18.1 Å². The third-order valence-corrected chi connectivity index (χ3v) is 5.53. The molecule has 1 saturated heterocycles. The van der Waals surface area contributed by atoms with Crippen LogP contribution < -0.4 is 5.73 Å². The Morgan fingerprint density at radius 2 is 1.95 bits per heavy atom. The summed E-state index contributed by atoms with van der Waals surface area (Å²) in [5.41, 5.74) is 5.67. The highest BCUT2D eigenvalue weighted by Crippen LogP contribution is 2.23. The van der Waals surface area contributed by atoms with Gasteiger partial charge in [0.2, 0.25) is 5.91 Å². The number of hydrogen-bond acceptors (Lipinski definition) is 5. The standard InChI is InChI=1S/C13H24N2O5S/c1-13(2,3)10(14)6-11(16)15(7-12(17)18)9-4-5-21(19,20)8-9/h9-10H,4-8,14H2,1-3H3,(H,17,18). The maximum atomic E-state index is 12.3. The second-order valence-corrected chi connectivity index (χ2v) is 8.88. The molecule has 1 amide bonds. The highest BCUT2D eigenvalue weighted by molar-refractivity contribution is 7.91. The Labute approximate surface area is 125 Å². The molecule has 0 saturated carbocycles. The fourth-order valence-corrected chi connectivity index (χ4v) is 3.93. The van der Waals surface area contributed by atoms with Crippen molar-refractivity contribution in [2.24, 2.45) is 11.1 Å². The molecule has 122 valence electrons. The van der Waals surface area contributed by atoms with Crippen LogP contribution in [0.4, 0.5) is 0 Å². The maximum Gasteiger partial charge on any atom is 0.323 e. The van der Waals surface area contributed by atoms with Crippen LogP contribution in [0.1, 0.15) is 33.6 Å². The van der Waals surface area contributed by atoms with E-state index in [0.717, 1.165) is 4.90 Å². The van der Waals surface area contributed by atoms with E-state index in [1.165, 1.54) is 0 Å². The molecule has 0 aliphatic carbocycles. The Kier molecular flexibility index (Phi) is 5.38. The molecule has 2 unspecified atom stereocenters. The van der Waals surface area contributed by atoms with Crippen LogP contribution in [0.3, 0.4) is 0 Å². The fraction of sp³-hybridized carbons (Fsp3) is 0.846. The predicted octanol–water partition coefficient (Wildman–Crippen LogP) is -0.150. The molecule has 0 bridgehead atoms. The van der Waals surface area contributed by atoms with Gasteiger partial charge in [0.25, 0.3) is 0 Å². The van der Waals surface area contributed by atoms with Gasteiger partial charge in [0, 0.05) is 18.5 Å². The van der Waals surface area contributed by atoms with Crippen molar-refractivity contribution in [3.63, 3.8) is 0 Å². The minimum absolute atomic E-state index is 0.00727. The van der Waals surface area contributed by atoms with Crippen molar-refractivity contribution in [2.45, 2.75) is 45.7 Å². The van der Waals surface area contributed by atoms with Crippen molar-refractivity contribution in [1.82, 2.24) is 4.90 Å².